The van der Waals surface area contributed by atoms with Gasteiger partial charge in [-0.25, -0.2) is 4.39 Å². The van der Waals surface area contributed by atoms with E-state index in [1.54, 1.807) is 29.8 Å². The first-order valence-corrected chi connectivity index (χ1v) is 7.48. The number of aromatic amines is 1. The molecule has 2 N–H and O–H groups in total. The Bertz CT molecular complexity index is 881. The molecule has 0 saturated heterocycles. The average molecular weight is 317 g/mol. The second-order valence-electron chi connectivity index (χ2n) is 4.99. The molecular formula is C16H12FNO3S. The lowest BCUT2D eigenvalue weighted by Crippen LogP contribution is -2.19. The van der Waals surface area contributed by atoms with Crippen molar-refractivity contribution in [1.82, 2.24) is 4.98 Å². The molecule has 0 spiro atoms. The van der Waals surface area contributed by atoms with Gasteiger partial charge in [0, 0.05) is 17.1 Å². The molecule has 6 heteroatoms. The number of thiophene rings is 1. The largest absolute Gasteiger partial charge is 0.481 e. The van der Waals surface area contributed by atoms with Crippen molar-refractivity contribution in [2.75, 3.05) is 0 Å². The maximum absolute atomic E-state index is 13.7. The number of carboxylic acids is 1. The zero-order valence-electron chi connectivity index (χ0n) is 11.6. The summed E-state index contributed by atoms with van der Waals surface area (Å²) in [5.74, 6) is -2.98. The fourth-order valence-electron chi connectivity index (χ4n) is 2.29. The van der Waals surface area contributed by atoms with Crippen LogP contribution in [0.15, 0.2) is 35.8 Å². The number of aliphatic carboxylic acids is 1. The van der Waals surface area contributed by atoms with Crippen molar-refractivity contribution in [3.05, 3.63) is 46.5 Å². The number of fused-ring (bicyclic) bond motifs is 1. The van der Waals surface area contributed by atoms with Crippen LogP contribution in [-0.4, -0.2) is 21.8 Å². The number of carbonyl (C=O) groups is 2. The van der Waals surface area contributed by atoms with Crippen LogP contribution in [0.5, 0.6) is 0 Å². The SMILES string of the molecule is CC(C(=O)O)C(=O)c1cc(-c2c[nH]c3c(F)cccc23)cs1. The van der Waals surface area contributed by atoms with E-state index in [1.165, 1.54) is 24.3 Å². The van der Waals surface area contributed by atoms with Gasteiger partial charge in [-0.2, -0.15) is 0 Å². The molecule has 0 aliphatic carbocycles. The van der Waals surface area contributed by atoms with Gasteiger partial charge in [0.2, 0.25) is 0 Å². The van der Waals surface area contributed by atoms with Gasteiger partial charge in [0.25, 0.3) is 0 Å². The number of halogens is 1. The molecule has 4 nitrogen and oxygen atoms in total. The Balaban J connectivity index is 2.01. The van der Waals surface area contributed by atoms with Crippen molar-refractivity contribution < 1.29 is 19.1 Å². The highest BCUT2D eigenvalue weighted by Gasteiger charge is 2.24. The Kier molecular flexibility index (Phi) is 3.54. The van der Waals surface area contributed by atoms with Gasteiger partial charge in [-0.3, -0.25) is 9.59 Å². The van der Waals surface area contributed by atoms with E-state index in [-0.39, 0.29) is 5.82 Å². The highest BCUT2D eigenvalue weighted by molar-refractivity contribution is 7.12. The van der Waals surface area contributed by atoms with E-state index >= 15 is 0 Å². The molecule has 0 amide bonds. The maximum atomic E-state index is 13.7. The van der Waals surface area contributed by atoms with Crippen LogP contribution in [-0.2, 0) is 4.79 Å². The Labute approximate surface area is 129 Å². The number of hydrogen-bond acceptors (Lipinski definition) is 3. The summed E-state index contributed by atoms with van der Waals surface area (Å²) in [5.41, 5.74) is 1.96. The van der Waals surface area contributed by atoms with E-state index in [0.29, 0.717) is 10.4 Å². The predicted octanol–water partition coefficient (Wildman–Crippen LogP) is 3.94. The lowest BCUT2D eigenvalue weighted by atomic mass is 10.0. The fraction of sp³-hybridized carbons (Fsp3) is 0.125. The molecule has 3 aromatic rings. The summed E-state index contributed by atoms with van der Waals surface area (Å²) < 4.78 is 13.7. The van der Waals surface area contributed by atoms with Crippen molar-refractivity contribution in [2.45, 2.75) is 6.92 Å². The number of aromatic nitrogens is 1. The molecule has 22 heavy (non-hydrogen) atoms. The van der Waals surface area contributed by atoms with Crippen molar-refractivity contribution in [2.24, 2.45) is 5.92 Å². The first-order valence-electron chi connectivity index (χ1n) is 6.60. The third-order valence-corrected chi connectivity index (χ3v) is 4.53. The molecule has 2 heterocycles. The highest BCUT2D eigenvalue weighted by Crippen LogP contribution is 2.33. The first kappa shape index (κ1) is 14.5. The van der Waals surface area contributed by atoms with Crippen molar-refractivity contribution >= 4 is 34.0 Å². The summed E-state index contributed by atoms with van der Waals surface area (Å²) in [4.78, 5) is 26.2. The van der Waals surface area contributed by atoms with Crippen LogP contribution in [0.1, 0.15) is 16.6 Å². The number of carbonyl (C=O) groups excluding carboxylic acids is 1. The number of H-pyrrole nitrogens is 1. The van der Waals surface area contributed by atoms with Crippen LogP contribution < -0.4 is 0 Å². The molecule has 2 aromatic heterocycles. The topological polar surface area (TPSA) is 70.2 Å². The minimum Gasteiger partial charge on any atom is -0.481 e. The van der Waals surface area contributed by atoms with Crippen LogP contribution in [0.3, 0.4) is 0 Å². The van der Waals surface area contributed by atoms with E-state index < -0.39 is 17.7 Å². The minimum absolute atomic E-state index is 0.338. The van der Waals surface area contributed by atoms with Crippen LogP contribution in [0.25, 0.3) is 22.0 Å². The van der Waals surface area contributed by atoms with Gasteiger partial charge in [-0.15, -0.1) is 11.3 Å². The van der Waals surface area contributed by atoms with Gasteiger partial charge >= 0.3 is 5.97 Å². The molecule has 0 radical (unpaired) electrons. The predicted molar refractivity (Wildman–Crippen MR) is 82.7 cm³/mol. The maximum Gasteiger partial charge on any atom is 0.314 e. The molecule has 0 fully saturated rings. The number of ketones is 1. The minimum atomic E-state index is -1.14. The summed E-state index contributed by atoms with van der Waals surface area (Å²) >= 11 is 1.19. The lowest BCUT2D eigenvalue weighted by Gasteiger charge is -2.01. The standard InChI is InChI=1S/C16H12FNO3S/c1-8(16(20)21)15(19)13-5-9(7-22-13)11-6-18-14-10(11)3-2-4-12(14)17/h2-8,18H,1H3,(H,20,21). The zero-order chi connectivity index (χ0) is 15.9. The number of Topliss-reactive ketones (excluding diaryl/α,β-unsaturated/α-hetero) is 1. The monoisotopic (exact) mass is 317 g/mol. The van der Waals surface area contributed by atoms with Crippen LogP contribution >= 0.6 is 11.3 Å². The van der Waals surface area contributed by atoms with Crippen LogP contribution in [0.4, 0.5) is 4.39 Å². The van der Waals surface area contributed by atoms with E-state index in [9.17, 15) is 14.0 Å². The van der Waals surface area contributed by atoms with E-state index in [2.05, 4.69) is 4.98 Å². The second kappa shape index (κ2) is 5.38. The molecular weight excluding hydrogens is 305 g/mol. The first-order chi connectivity index (χ1) is 10.5. The summed E-state index contributed by atoms with van der Waals surface area (Å²) in [6.07, 6.45) is 1.69. The zero-order valence-corrected chi connectivity index (χ0v) is 12.4. The number of hydrogen-bond donors (Lipinski definition) is 2. The molecule has 1 unspecified atom stereocenters. The third kappa shape index (κ3) is 2.31. The smallest absolute Gasteiger partial charge is 0.314 e. The molecule has 1 atom stereocenters. The fourth-order valence-corrected chi connectivity index (χ4v) is 3.23. The summed E-state index contributed by atoms with van der Waals surface area (Å²) in [5, 5.41) is 11.4. The van der Waals surface area contributed by atoms with Gasteiger partial charge in [0.1, 0.15) is 11.7 Å². The van der Waals surface area contributed by atoms with Crippen LogP contribution in [0.2, 0.25) is 0 Å². The van der Waals surface area contributed by atoms with Crippen molar-refractivity contribution in [1.29, 1.82) is 0 Å². The second-order valence-corrected chi connectivity index (χ2v) is 5.90. The Morgan fingerprint density at radius 2 is 2.14 bits per heavy atom. The quantitative estimate of drug-likeness (QED) is 0.565. The average Bonchev–Trinajstić information content (AvgIpc) is 3.12. The summed E-state index contributed by atoms with van der Waals surface area (Å²) in [6.45, 7) is 1.37. The van der Waals surface area contributed by atoms with Crippen molar-refractivity contribution in [3.63, 3.8) is 0 Å². The third-order valence-electron chi connectivity index (χ3n) is 3.58. The van der Waals surface area contributed by atoms with Gasteiger partial charge in [0.05, 0.1) is 10.4 Å². The van der Waals surface area contributed by atoms with E-state index in [0.717, 1.165) is 16.5 Å². The van der Waals surface area contributed by atoms with Gasteiger partial charge in [-0.1, -0.05) is 12.1 Å². The Hall–Kier alpha value is -2.47. The molecule has 0 aliphatic heterocycles. The van der Waals surface area contributed by atoms with Gasteiger partial charge in [0.15, 0.2) is 5.78 Å². The molecule has 0 aliphatic rings. The molecule has 1 aromatic carbocycles. The lowest BCUT2D eigenvalue weighted by molar-refractivity contribution is -0.139. The van der Waals surface area contributed by atoms with Gasteiger partial charge < -0.3 is 10.1 Å². The Morgan fingerprint density at radius 3 is 2.86 bits per heavy atom. The van der Waals surface area contributed by atoms with Crippen LogP contribution in [0, 0.1) is 11.7 Å². The summed E-state index contributed by atoms with van der Waals surface area (Å²) in [6, 6.07) is 6.45. The number of para-hydroxylation sites is 1. The number of carboxylic acid groups (broad SMARTS) is 1. The number of rotatable bonds is 4. The molecule has 0 bridgehead atoms. The van der Waals surface area contributed by atoms with Gasteiger partial charge in [-0.05, 0) is 30.0 Å². The highest BCUT2D eigenvalue weighted by atomic mass is 32.1. The molecule has 0 saturated carbocycles. The summed E-state index contributed by atoms with van der Waals surface area (Å²) in [7, 11) is 0. The molecule has 112 valence electrons. The number of nitrogens with one attached hydrogen (secondary N) is 1. The van der Waals surface area contributed by atoms with E-state index in [1.807, 2.05) is 0 Å². The van der Waals surface area contributed by atoms with E-state index in [4.69, 9.17) is 5.11 Å². The number of benzene rings is 1. The normalized spacial score (nSPS) is 12.5. The molecule has 3 rings (SSSR count). The Morgan fingerprint density at radius 1 is 1.36 bits per heavy atom. The van der Waals surface area contributed by atoms with Crippen molar-refractivity contribution in [3.8, 4) is 11.1 Å².